The molecule has 0 aliphatic rings. The van der Waals surface area contributed by atoms with E-state index >= 15 is 0 Å². The lowest BCUT2D eigenvalue weighted by atomic mass is 10.7. The van der Waals surface area contributed by atoms with Crippen LogP contribution in [0.4, 0.5) is 13.2 Å². The molecule has 0 radical (unpaired) electrons. The summed E-state index contributed by atoms with van der Waals surface area (Å²) in [5.74, 6) is 0. The minimum absolute atomic E-state index is 0.150. The van der Waals surface area contributed by atoms with Gasteiger partial charge in [-0.3, -0.25) is 0 Å². The first-order valence-corrected chi connectivity index (χ1v) is 2.43. The van der Waals surface area contributed by atoms with Gasteiger partial charge in [0, 0.05) is 0 Å². The van der Waals surface area contributed by atoms with E-state index in [-0.39, 0.29) is 16.6 Å². The van der Waals surface area contributed by atoms with Gasteiger partial charge in [-0.05, 0) is 0 Å². The van der Waals surface area contributed by atoms with Gasteiger partial charge in [-0.1, -0.05) is 0 Å². The van der Waals surface area contributed by atoms with Gasteiger partial charge in [-0.15, -0.1) is 0 Å². The van der Waals surface area contributed by atoms with E-state index in [9.17, 15) is 13.2 Å². The van der Waals surface area contributed by atoms with Crippen molar-refractivity contribution in [3.63, 3.8) is 0 Å². The first-order valence-electron chi connectivity index (χ1n) is 1.62. The van der Waals surface area contributed by atoms with Crippen molar-refractivity contribution in [3.05, 3.63) is 0 Å². The molecule has 0 bridgehead atoms. The van der Waals surface area contributed by atoms with E-state index in [4.69, 9.17) is 0 Å². The molecule has 7 heavy (non-hydrogen) atoms. The molecule has 0 N–H and O–H groups in total. The summed E-state index contributed by atoms with van der Waals surface area (Å²) in [7, 11) is 0. The molecule has 0 unspecified atom stereocenters. The second-order valence-corrected chi connectivity index (χ2v) is 1.63. The Kier molecular flexibility index (Phi) is 2.66. The normalized spacial score (nSPS) is 11.9. The SMILES string of the molecule is FC(F)(F)C[O][AlH2]. The summed E-state index contributed by atoms with van der Waals surface area (Å²) < 4.78 is 36.8. The highest BCUT2D eigenvalue weighted by molar-refractivity contribution is 5.97. The van der Waals surface area contributed by atoms with Crippen LogP contribution in [0.5, 0.6) is 0 Å². The van der Waals surface area contributed by atoms with Gasteiger partial charge < -0.3 is 3.79 Å². The maximum atomic E-state index is 11.0. The van der Waals surface area contributed by atoms with Crippen molar-refractivity contribution in [1.29, 1.82) is 0 Å². The second kappa shape index (κ2) is 2.56. The van der Waals surface area contributed by atoms with Crippen LogP contribution >= 0.6 is 0 Å². The summed E-state index contributed by atoms with van der Waals surface area (Å²) in [6.45, 7) is -1.10. The maximum absolute atomic E-state index is 11.0. The van der Waals surface area contributed by atoms with Crippen LogP contribution in [0.2, 0.25) is 0 Å². The van der Waals surface area contributed by atoms with E-state index < -0.39 is 12.8 Å². The zero-order valence-electron chi connectivity index (χ0n) is 3.75. The van der Waals surface area contributed by atoms with Crippen LogP contribution in [-0.4, -0.2) is 29.4 Å². The first kappa shape index (κ1) is 7.28. The average Bonchev–Trinajstić information content (AvgIpc) is 1.30. The fraction of sp³-hybridized carbons (Fsp3) is 1.00. The second-order valence-electron chi connectivity index (χ2n) is 1.05. The van der Waals surface area contributed by atoms with Gasteiger partial charge in [-0.25, -0.2) is 0 Å². The highest BCUT2D eigenvalue weighted by atomic mass is 27.1. The number of hydrogen-bond acceptors (Lipinski definition) is 1. The Morgan fingerprint density at radius 1 is 1.43 bits per heavy atom. The first-order chi connectivity index (χ1) is 3.06. The van der Waals surface area contributed by atoms with E-state index in [0.717, 1.165) is 0 Å². The lowest BCUT2D eigenvalue weighted by molar-refractivity contribution is -0.152. The summed E-state index contributed by atoms with van der Waals surface area (Å²) in [6, 6.07) is 0. The van der Waals surface area contributed by atoms with Crippen LogP contribution in [-0.2, 0) is 3.79 Å². The van der Waals surface area contributed by atoms with Crippen LogP contribution in [0.1, 0.15) is 0 Å². The van der Waals surface area contributed by atoms with E-state index in [1.165, 1.54) is 0 Å². The fourth-order valence-corrected chi connectivity index (χ4v) is 0.491. The van der Waals surface area contributed by atoms with Gasteiger partial charge in [0.15, 0.2) is 0 Å². The maximum Gasteiger partial charge on any atom is 0.410 e. The van der Waals surface area contributed by atoms with Crippen LogP contribution < -0.4 is 0 Å². The third-order valence-corrected chi connectivity index (χ3v) is 0.597. The average molecular weight is 128 g/mol. The van der Waals surface area contributed by atoms with Crippen LogP contribution in [0.3, 0.4) is 0 Å². The molecule has 0 aromatic carbocycles. The Morgan fingerprint density at radius 2 is 1.86 bits per heavy atom. The number of rotatable bonds is 1. The Balaban J connectivity index is 3.15. The molecule has 0 heterocycles. The summed E-state index contributed by atoms with van der Waals surface area (Å²) in [6.07, 6.45) is -4.14. The molecule has 0 atom stereocenters. The van der Waals surface area contributed by atoms with Gasteiger partial charge in [0.25, 0.3) is 0 Å². The zero-order valence-corrected chi connectivity index (χ0v) is 5.75. The quantitative estimate of drug-likeness (QED) is 0.455. The van der Waals surface area contributed by atoms with E-state index in [1.54, 1.807) is 0 Å². The molecular weight excluding hydrogens is 124 g/mol. The van der Waals surface area contributed by atoms with Gasteiger partial charge in [0.05, 0.1) is 0 Å². The molecule has 1 nitrogen and oxygen atoms in total. The third kappa shape index (κ3) is 6.28. The topological polar surface area (TPSA) is 9.23 Å². The molecule has 0 fully saturated rings. The van der Waals surface area contributed by atoms with Crippen molar-refractivity contribution in [3.8, 4) is 0 Å². The van der Waals surface area contributed by atoms with Crippen molar-refractivity contribution < 1.29 is 17.0 Å². The lowest BCUT2D eigenvalue weighted by Crippen LogP contribution is -2.15. The fourth-order valence-electron chi connectivity index (χ4n) is 0.164. The molecular formula is C2H4AlF3O. The molecule has 0 saturated heterocycles. The summed E-state index contributed by atoms with van der Waals surface area (Å²) in [4.78, 5) is 0. The van der Waals surface area contributed by atoms with E-state index in [1.807, 2.05) is 0 Å². The Labute approximate surface area is 47.2 Å². The van der Waals surface area contributed by atoms with Gasteiger partial charge >= 0.3 is 22.8 Å². The van der Waals surface area contributed by atoms with Crippen molar-refractivity contribution >= 4 is 16.6 Å². The predicted octanol–water partition coefficient (Wildman–Crippen LogP) is 0.113. The van der Waals surface area contributed by atoms with Crippen LogP contribution in [0, 0.1) is 0 Å². The minimum Gasteiger partial charge on any atom is -0.500 e. The third-order valence-electron chi connectivity index (χ3n) is 0.308. The van der Waals surface area contributed by atoms with Crippen molar-refractivity contribution in [2.24, 2.45) is 0 Å². The minimum atomic E-state index is -4.14. The molecule has 0 spiro atoms. The van der Waals surface area contributed by atoms with Crippen molar-refractivity contribution in [1.82, 2.24) is 0 Å². The predicted molar refractivity (Wildman–Crippen MR) is 20.6 cm³/mol. The molecule has 0 amide bonds. The molecule has 0 rings (SSSR count). The molecule has 0 aromatic heterocycles. The molecule has 0 saturated carbocycles. The number of hydrogen-bond donors (Lipinski definition) is 0. The lowest BCUT2D eigenvalue weighted by Gasteiger charge is -2.02. The smallest absolute Gasteiger partial charge is 0.410 e. The highest BCUT2D eigenvalue weighted by Crippen LogP contribution is 2.13. The Morgan fingerprint density at radius 3 is 1.86 bits per heavy atom. The summed E-state index contributed by atoms with van der Waals surface area (Å²) in [5.41, 5.74) is 0. The Hall–Kier alpha value is 0.282. The summed E-state index contributed by atoms with van der Waals surface area (Å²) in [5, 5.41) is 0. The molecule has 0 aliphatic heterocycles. The molecule has 0 aliphatic carbocycles. The van der Waals surface area contributed by atoms with Crippen molar-refractivity contribution in [2.45, 2.75) is 6.18 Å². The standard InChI is InChI=1S/C2H2F3O.Al.2H/c3-2(4,5)1-6;;;/h1H2;;;/q-1;+1;;. The number of halogens is 3. The molecule has 0 aromatic rings. The monoisotopic (exact) mass is 128 g/mol. The van der Waals surface area contributed by atoms with Gasteiger partial charge in [0.2, 0.25) is 0 Å². The van der Waals surface area contributed by atoms with Crippen LogP contribution in [0.15, 0.2) is 0 Å². The summed E-state index contributed by atoms with van der Waals surface area (Å²) >= 11 is 0.150. The molecule has 42 valence electrons. The highest BCUT2D eigenvalue weighted by Gasteiger charge is 2.25. The van der Waals surface area contributed by atoms with Crippen LogP contribution in [0.25, 0.3) is 0 Å². The Bertz CT molecular complexity index is 51.4. The van der Waals surface area contributed by atoms with E-state index in [0.29, 0.717) is 0 Å². The number of alkyl halides is 3. The van der Waals surface area contributed by atoms with E-state index in [2.05, 4.69) is 3.79 Å². The van der Waals surface area contributed by atoms with Gasteiger partial charge in [0.1, 0.15) is 6.61 Å². The zero-order chi connectivity index (χ0) is 5.91. The van der Waals surface area contributed by atoms with Crippen molar-refractivity contribution in [2.75, 3.05) is 6.61 Å². The van der Waals surface area contributed by atoms with Gasteiger partial charge in [-0.2, -0.15) is 13.2 Å². The molecule has 5 heteroatoms. The largest absolute Gasteiger partial charge is 0.500 e.